The van der Waals surface area contributed by atoms with Crippen LogP contribution in [0.1, 0.15) is 57.1 Å². The summed E-state index contributed by atoms with van der Waals surface area (Å²) in [6.07, 6.45) is 7.04. The molecule has 0 spiro atoms. The highest BCUT2D eigenvalue weighted by molar-refractivity contribution is 5.22. The molecule has 0 bridgehead atoms. The molecular formula is C17H27NO. The molecule has 1 N–H and O–H groups in total. The average Bonchev–Trinajstić information content (AvgIpc) is 2.44. The van der Waals surface area contributed by atoms with Crippen LogP contribution in [-0.2, 0) is 17.9 Å². The minimum absolute atomic E-state index is 0.492. The van der Waals surface area contributed by atoms with Gasteiger partial charge in [0.05, 0.1) is 12.7 Å². The van der Waals surface area contributed by atoms with Gasteiger partial charge in [0, 0.05) is 12.6 Å². The summed E-state index contributed by atoms with van der Waals surface area (Å²) in [4.78, 5) is 0. The molecule has 1 aliphatic carbocycles. The second-order valence-corrected chi connectivity index (χ2v) is 5.93. The average molecular weight is 261 g/mol. The van der Waals surface area contributed by atoms with E-state index in [0.717, 1.165) is 13.2 Å². The lowest BCUT2D eigenvalue weighted by Gasteiger charge is -2.22. The first-order valence-electron chi connectivity index (χ1n) is 7.67. The summed E-state index contributed by atoms with van der Waals surface area (Å²) in [6.45, 7) is 6.06. The second-order valence-electron chi connectivity index (χ2n) is 5.93. The number of ether oxygens (including phenoxy) is 1. The fourth-order valence-electron chi connectivity index (χ4n) is 2.60. The molecule has 0 unspecified atom stereocenters. The quantitative estimate of drug-likeness (QED) is 0.834. The van der Waals surface area contributed by atoms with Gasteiger partial charge in [0.15, 0.2) is 0 Å². The van der Waals surface area contributed by atoms with Gasteiger partial charge in [0.1, 0.15) is 0 Å². The molecule has 2 nitrogen and oxygen atoms in total. The summed E-state index contributed by atoms with van der Waals surface area (Å²) in [5.41, 5.74) is 2.65. The molecule has 2 rings (SSSR count). The highest BCUT2D eigenvalue weighted by Gasteiger charge is 2.13. The van der Waals surface area contributed by atoms with Crippen LogP contribution < -0.4 is 5.32 Å². The van der Waals surface area contributed by atoms with Crippen molar-refractivity contribution in [2.45, 2.75) is 71.2 Å². The van der Waals surface area contributed by atoms with E-state index in [2.05, 4.69) is 43.4 Å². The third-order valence-corrected chi connectivity index (χ3v) is 3.74. The van der Waals surface area contributed by atoms with Gasteiger partial charge in [-0.2, -0.15) is 0 Å². The maximum absolute atomic E-state index is 6.03. The van der Waals surface area contributed by atoms with Crippen LogP contribution in [0.25, 0.3) is 0 Å². The molecule has 0 aliphatic heterocycles. The van der Waals surface area contributed by atoms with E-state index in [4.69, 9.17) is 4.74 Å². The molecule has 0 amide bonds. The first kappa shape index (κ1) is 14.5. The van der Waals surface area contributed by atoms with E-state index in [1.54, 1.807) is 0 Å². The zero-order valence-corrected chi connectivity index (χ0v) is 12.3. The maximum atomic E-state index is 6.03. The number of hydrogen-bond acceptors (Lipinski definition) is 2. The molecule has 106 valence electrons. The van der Waals surface area contributed by atoms with Crippen molar-refractivity contribution in [3.63, 3.8) is 0 Å². The Morgan fingerprint density at radius 3 is 2.63 bits per heavy atom. The second kappa shape index (κ2) is 7.66. The van der Waals surface area contributed by atoms with Crippen molar-refractivity contribution in [1.29, 1.82) is 0 Å². The van der Waals surface area contributed by atoms with Crippen molar-refractivity contribution >= 4 is 0 Å². The standard InChI is InChI=1S/C17H27NO/c1-14(2)18-12-15-7-6-8-16(11-15)13-19-17-9-4-3-5-10-17/h6-8,11,14,17-18H,3-5,9-10,12-13H2,1-2H3. The van der Waals surface area contributed by atoms with Crippen LogP contribution in [0.2, 0.25) is 0 Å². The van der Waals surface area contributed by atoms with Crippen molar-refractivity contribution in [1.82, 2.24) is 5.32 Å². The molecule has 0 atom stereocenters. The zero-order chi connectivity index (χ0) is 13.5. The molecule has 19 heavy (non-hydrogen) atoms. The highest BCUT2D eigenvalue weighted by atomic mass is 16.5. The fourth-order valence-corrected chi connectivity index (χ4v) is 2.60. The number of rotatable bonds is 6. The monoisotopic (exact) mass is 261 g/mol. The largest absolute Gasteiger partial charge is 0.374 e. The van der Waals surface area contributed by atoms with Crippen LogP contribution in [0.3, 0.4) is 0 Å². The Labute approximate surface area is 117 Å². The van der Waals surface area contributed by atoms with E-state index in [1.165, 1.54) is 43.2 Å². The van der Waals surface area contributed by atoms with E-state index in [-0.39, 0.29) is 0 Å². The maximum Gasteiger partial charge on any atom is 0.0720 e. The van der Waals surface area contributed by atoms with Crippen molar-refractivity contribution in [2.75, 3.05) is 0 Å². The molecule has 0 radical (unpaired) electrons. The van der Waals surface area contributed by atoms with Crippen LogP contribution in [-0.4, -0.2) is 12.1 Å². The first-order valence-corrected chi connectivity index (χ1v) is 7.67. The summed E-state index contributed by atoms with van der Waals surface area (Å²) in [6, 6.07) is 9.28. The lowest BCUT2D eigenvalue weighted by Crippen LogP contribution is -2.21. The van der Waals surface area contributed by atoms with Crippen molar-refractivity contribution in [3.05, 3.63) is 35.4 Å². The zero-order valence-electron chi connectivity index (χ0n) is 12.3. The lowest BCUT2D eigenvalue weighted by molar-refractivity contribution is 0.0168. The van der Waals surface area contributed by atoms with Crippen molar-refractivity contribution in [3.8, 4) is 0 Å². The van der Waals surface area contributed by atoms with Crippen LogP contribution in [0.15, 0.2) is 24.3 Å². The first-order chi connectivity index (χ1) is 9.24. The summed E-state index contributed by atoms with van der Waals surface area (Å²) in [5.74, 6) is 0. The van der Waals surface area contributed by atoms with Gasteiger partial charge in [0.25, 0.3) is 0 Å². The third-order valence-electron chi connectivity index (χ3n) is 3.74. The van der Waals surface area contributed by atoms with Gasteiger partial charge in [-0.05, 0) is 24.0 Å². The Kier molecular flexibility index (Phi) is 5.87. The van der Waals surface area contributed by atoms with E-state index >= 15 is 0 Å². The van der Waals surface area contributed by atoms with Crippen LogP contribution in [0.5, 0.6) is 0 Å². The van der Waals surface area contributed by atoms with E-state index in [0.29, 0.717) is 12.1 Å². The van der Waals surface area contributed by atoms with Gasteiger partial charge in [-0.3, -0.25) is 0 Å². The molecular weight excluding hydrogens is 234 g/mol. The predicted octanol–water partition coefficient (Wildman–Crippen LogP) is 4.03. The molecule has 2 heteroatoms. The van der Waals surface area contributed by atoms with Crippen molar-refractivity contribution < 1.29 is 4.74 Å². The lowest BCUT2D eigenvalue weighted by atomic mass is 9.98. The number of hydrogen-bond donors (Lipinski definition) is 1. The third kappa shape index (κ3) is 5.33. The summed E-state index contributed by atoms with van der Waals surface area (Å²) in [5, 5.41) is 3.45. The minimum Gasteiger partial charge on any atom is -0.374 e. The van der Waals surface area contributed by atoms with Gasteiger partial charge < -0.3 is 10.1 Å². The Hall–Kier alpha value is -0.860. The normalized spacial score (nSPS) is 17.0. The Bertz CT molecular complexity index is 369. The molecule has 1 fully saturated rings. The molecule has 1 aromatic carbocycles. The van der Waals surface area contributed by atoms with Crippen LogP contribution >= 0.6 is 0 Å². The van der Waals surface area contributed by atoms with Gasteiger partial charge in [-0.15, -0.1) is 0 Å². The molecule has 1 aliphatic rings. The fraction of sp³-hybridized carbons (Fsp3) is 0.647. The predicted molar refractivity (Wildman–Crippen MR) is 80.1 cm³/mol. The Morgan fingerprint density at radius 2 is 1.89 bits per heavy atom. The van der Waals surface area contributed by atoms with E-state index in [9.17, 15) is 0 Å². The number of benzene rings is 1. The SMILES string of the molecule is CC(C)NCc1cccc(COC2CCCCC2)c1. The molecule has 0 heterocycles. The van der Waals surface area contributed by atoms with E-state index in [1.807, 2.05) is 0 Å². The number of nitrogens with one attached hydrogen (secondary N) is 1. The topological polar surface area (TPSA) is 21.3 Å². The molecule has 0 aromatic heterocycles. The molecule has 1 aromatic rings. The Morgan fingerprint density at radius 1 is 1.16 bits per heavy atom. The summed E-state index contributed by atoms with van der Waals surface area (Å²) < 4.78 is 6.03. The van der Waals surface area contributed by atoms with Crippen molar-refractivity contribution in [2.24, 2.45) is 0 Å². The van der Waals surface area contributed by atoms with E-state index < -0.39 is 0 Å². The minimum atomic E-state index is 0.492. The highest BCUT2D eigenvalue weighted by Crippen LogP contribution is 2.21. The smallest absolute Gasteiger partial charge is 0.0720 e. The van der Waals surface area contributed by atoms with Gasteiger partial charge in [0.2, 0.25) is 0 Å². The Balaban J connectivity index is 1.80. The van der Waals surface area contributed by atoms with Gasteiger partial charge >= 0.3 is 0 Å². The van der Waals surface area contributed by atoms with Crippen LogP contribution in [0.4, 0.5) is 0 Å². The molecule has 0 saturated heterocycles. The van der Waals surface area contributed by atoms with Crippen LogP contribution in [0, 0.1) is 0 Å². The van der Waals surface area contributed by atoms with Gasteiger partial charge in [-0.1, -0.05) is 57.4 Å². The summed E-state index contributed by atoms with van der Waals surface area (Å²) in [7, 11) is 0. The summed E-state index contributed by atoms with van der Waals surface area (Å²) >= 11 is 0. The van der Waals surface area contributed by atoms with Gasteiger partial charge in [-0.25, -0.2) is 0 Å². The molecule has 1 saturated carbocycles.